The fourth-order valence-electron chi connectivity index (χ4n) is 3.77. The topological polar surface area (TPSA) is 75.3 Å². The number of hydrogen-bond donors (Lipinski definition) is 2. The van der Waals surface area contributed by atoms with Crippen molar-refractivity contribution in [1.82, 2.24) is 4.72 Å². The number of sulfonamides is 1. The number of carbonyl (C=O) groups excluding carboxylic acids is 1. The third-order valence-corrected chi connectivity index (χ3v) is 7.61. The van der Waals surface area contributed by atoms with Crippen LogP contribution in [0, 0.1) is 6.92 Å². The van der Waals surface area contributed by atoms with Gasteiger partial charge in [-0.3, -0.25) is 4.79 Å². The molecule has 0 unspecified atom stereocenters. The molecule has 1 aromatic carbocycles. The van der Waals surface area contributed by atoms with Crippen molar-refractivity contribution in [3.8, 4) is 0 Å². The SMILES string of the molecule is CCC(=O)Nc1ccc(S(=O)(=O)NCC2(c3ccsc3)CCCC2)c(C)c1. The summed E-state index contributed by atoms with van der Waals surface area (Å²) in [7, 11) is -3.62. The highest BCUT2D eigenvalue weighted by Crippen LogP contribution is 2.41. The van der Waals surface area contributed by atoms with Gasteiger partial charge in [0.15, 0.2) is 0 Å². The molecule has 1 amide bonds. The van der Waals surface area contributed by atoms with E-state index in [-0.39, 0.29) is 16.2 Å². The summed E-state index contributed by atoms with van der Waals surface area (Å²) in [6, 6.07) is 7.02. The third-order valence-electron chi connectivity index (χ3n) is 5.36. The Balaban J connectivity index is 1.77. The van der Waals surface area contributed by atoms with Gasteiger partial charge in [0.25, 0.3) is 0 Å². The average Bonchev–Trinajstić information content (AvgIpc) is 3.32. The number of thiophene rings is 1. The molecule has 2 aromatic rings. The van der Waals surface area contributed by atoms with E-state index in [9.17, 15) is 13.2 Å². The van der Waals surface area contributed by atoms with Gasteiger partial charge in [-0.2, -0.15) is 11.3 Å². The van der Waals surface area contributed by atoms with Crippen LogP contribution < -0.4 is 10.0 Å². The molecule has 0 spiro atoms. The van der Waals surface area contributed by atoms with Gasteiger partial charge >= 0.3 is 0 Å². The minimum absolute atomic E-state index is 0.0953. The van der Waals surface area contributed by atoms with Gasteiger partial charge in [0.05, 0.1) is 4.90 Å². The molecule has 0 bridgehead atoms. The second-order valence-electron chi connectivity index (χ2n) is 7.21. The Morgan fingerprint density at radius 1 is 1.22 bits per heavy atom. The Hall–Kier alpha value is -1.70. The number of amides is 1. The van der Waals surface area contributed by atoms with Gasteiger partial charge in [-0.1, -0.05) is 19.8 Å². The molecule has 0 atom stereocenters. The Labute approximate surface area is 165 Å². The van der Waals surface area contributed by atoms with Crippen molar-refractivity contribution in [2.75, 3.05) is 11.9 Å². The number of benzene rings is 1. The Kier molecular flexibility index (Phi) is 6.03. The van der Waals surface area contributed by atoms with Crippen molar-refractivity contribution in [2.45, 2.75) is 56.3 Å². The van der Waals surface area contributed by atoms with E-state index in [0.29, 0.717) is 24.2 Å². The minimum Gasteiger partial charge on any atom is -0.326 e. The molecule has 27 heavy (non-hydrogen) atoms. The molecule has 1 aromatic heterocycles. The number of anilines is 1. The van der Waals surface area contributed by atoms with Crippen molar-refractivity contribution in [3.05, 3.63) is 46.2 Å². The number of carbonyl (C=O) groups is 1. The van der Waals surface area contributed by atoms with E-state index in [4.69, 9.17) is 0 Å². The van der Waals surface area contributed by atoms with Gasteiger partial charge in [-0.15, -0.1) is 0 Å². The van der Waals surface area contributed by atoms with Gasteiger partial charge in [0.2, 0.25) is 15.9 Å². The van der Waals surface area contributed by atoms with E-state index in [1.165, 1.54) is 5.56 Å². The standard InChI is InChI=1S/C20H26N2O3S2/c1-3-19(23)22-17-6-7-18(15(2)12-17)27(24,25)21-14-20(9-4-5-10-20)16-8-11-26-13-16/h6-8,11-13,21H,3-5,9-10,14H2,1-2H3,(H,22,23). The largest absolute Gasteiger partial charge is 0.326 e. The highest BCUT2D eigenvalue weighted by molar-refractivity contribution is 7.89. The zero-order chi connectivity index (χ0) is 19.5. The molecule has 146 valence electrons. The normalized spacial score (nSPS) is 16.4. The van der Waals surface area contributed by atoms with E-state index < -0.39 is 10.0 Å². The lowest BCUT2D eigenvalue weighted by Crippen LogP contribution is -2.38. The van der Waals surface area contributed by atoms with Gasteiger partial charge < -0.3 is 5.32 Å². The van der Waals surface area contributed by atoms with E-state index >= 15 is 0 Å². The maximum absolute atomic E-state index is 12.9. The van der Waals surface area contributed by atoms with Gasteiger partial charge in [-0.05, 0) is 65.9 Å². The molecule has 1 aliphatic carbocycles. The van der Waals surface area contributed by atoms with Crippen molar-refractivity contribution in [2.24, 2.45) is 0 Å². The second kappa shape index (κ2) is 8.12. The predicted molar refractivity (Wildman–Crippen MR) is 110 cm³/mol. The summed E-state index contributed by atoms with van der Waals surface area (Å²) in [5, 5.41) is 6.95. The number of rotatable bonds is 7. The number of nitrogens with one attached hydrogen (secondary N) is 2. The molecule has 0 saturated heterocycles. The van der Waals surface area contributed by atoms with Gasteiger partial charge in [-0.25, -0.2) is 13.1 Å². The summed E-state index contributed by atoms with van der Waals surface area (Å²) < 4.78 is 28.7. The zero-order valence-corrected chi connectivity index (χ0v) is 17.4. The Morgan fingerprint density at radius 2 is 1.96 bits per heavy atom. The monoisotopic (exact) mass is 406 g/mol. The van der Waals surface area contributed by atoms with E-state index in [2.05, 4.69) is 26.9 Å². The fourth-order valence-corrected chi connectivity index (χ4v) is 5.91. The van der Waals surface area contributed by atoms with E-state index in [0.717, 1.165) is 25.7 Å². The smallest absolute Gasteiger partial charge is 0.240 e. The average molecular weight is 407 g/mol. The van der Waals surface area contributed by atoms with Crippen LogP contribution in [0.5, 0.6) is 0 Å². The molecule has 7 heteroatoms. The van der Waals surface area contributed by atoms with Crippen molar-refractivity contribution in [3.63, 3.8) is 0 Å². The first-order valence-corrected chi connectivity index (χ1v) is 11.7. The highest BCUT2D eigenvalue weighted by Gasteiger charge is 2.37. The van der Waals surface area contributed by atoms with Crippen LogP contribution in [-0.4, -0.2) is 20.9 Å². The first kappa shape index (κ1) is 20.0. The van der Waals surface area contributed by atoms with E-state index in [1.807, 2.05) is 0 Å². The van der Waals surface area contributed by atoms with Crippen molar-refractivity contribution in [1.29, 1.82) is 0 Å². The summed E-state index contributed by atoms with van der Waals surface area (Å²) in [5.74, 6) is -0.0953. The first-order valence-electron chi connectivity index (χ1n) is 9.29. The maximum atomic E-state index is 12.9. The highest BCUT2D eigenvalue weighted by atomic mass is 32.2. The summed E-state index contributed by atoms with van der Waals surface area (Å²) in [4.78, 5) is 11.8. The number of hydrogen-bond acceptors (Lipinski definition) is 4. The van der Waals surface area contributed by atoms with Gasteiger partial charge in [0.1, 0.15) is 0 Å². The van der Waals surface area contributed by atoms with Crippen molar-refractivity contribution < 1.29 is 13.2 Å². The lowest BCUT2D eigenvalue weighted by Gasteiger charge is -2.28. The summed E-state index contributed by atoms with van der Waals surface area (Å²) in [6.45, 7) is 3.94. The number of aryl methyl sites for hydroxylation is 1. The quantitative estimate of drug-likeness (QED) is 0.724. The third kappa shape index (κ3) is 4.42. The maximum Gasteiger partial charge on any atom is 0.240 e. The lowest BCUT2D eigenvalue weighted by atomic mass is 9.81. The molecule has 1 aliphatic rings. The summed E-state index contributed by atoms with van der Waals surface area (Å²) in [6.07, 6.45) is 4.65. The molecule has 3 rings (SSSR count). The molecule has 5 nitrogen and oxygen atoms in total. The van der Waals surface area contributed by atoms with Crippen LogP contribution >= 0.6 is 11.3 Å². The van der Waals surface area contributed by atoms with Crippen LogP contribution in [0.2, 0.25) is 0 Å². The molecule has 0 radical (unpaired) electrons. The second-order valence-corrected chi connectivity index (χ2v) is 9.72. The fraction of sp³-hybridized carbons (Fsp3) is 0.450. The molecule has 0 aliphatic heterocycles. The van der Waals surface area contributed by atoms with Crippen LogP contribution in [-0.2, 0) is 20.2 Å². The van der Waals surface area contributed by atoms with Gasteiger partial charge in [0, 0.05) is 24.1 Å². The molecule has 1 fully saturated rings. The van der Waals surface area contributed by atoms with Crippen molar-refractivity contribution >= 4 is 33.0 Å². The van der Waals surface area contributed by atoms with Crippen LogP contribution in [0.15, 0.2) is 39.9 Å². The zero-order valence-electron chi connectivity index (χ0n) is 15.7. The molecule has 1 saturated carbocycles. The lowest BCUT2D eigenvalue weighted by molar-refractivity contribution is -0.115. The van der Waals surface area contributed by atoms with Crippen LogP contribution in [0.25, 0.3) is 0 Å². The Bertz CT molecular complexity index is 899. The molecular formula is C20H26N2O3S2. The predicted octanol–water partition coefficient (Wildman–Crippen LogP) is 4.20. The van der Waals surface area contributed by atoms with Crippen LogP contribution in [0.1, 0.15) is 50.2 Å². The molecule has 2 N–H and O–H groups in total. The first-order chi connectivity index (χ1) is 12.9. The minimum atomic E-state index is -3.62. The molecular weight excluding hydrogens is 380 g/mol. The van der Waals surface area contributed by atoms with E-state index in [1.54, 1.807) is 43.4 Å². The van der Waals surface area contributed by atoms with Crippen LogP contribution in [0.3, 0.4) is 0 Å². The van der Waals surface area contributed by atoms with Crippen LogP contribution in [0.4, 0.5) is 5.69 Å². The molecule has 1 heterocycles. The summed E-state index contributed by atoms with van der Waals surface area (Å²) >= 11 is 1.65. The Morgan fingerprint density at radius 3 is 2.56 bits per heavy atom. The summed E-state index contributed by atoms with van der Waals surface area (Å²) in [5.41, 5.74) is 2.37.